The lowest BCUT2D eigenvalue weighted by Crippen LogP contribution is -1.93. The Balaban J connectivity index is 1.41. The van der Waals surface area contributed by atoms with Gasteiger partial charge < -0.3 is 4.57 Å². The first kappa shape index (κ1) is 23.6. The van der Waals surface area contributed by atoms with E-state index in [1.54, 1.807) is 0 Å². The Hall–Kier alpha value is -5.11. The molecule has 0 aliphatic rings. The summed E-state index contributed by atoms with van der Waals surface area (Å²) < 4.78 is 2.38. The van der Waals surface area contributed by atoms with Crippen molar-refractivity contribution in [2.24, 2.45) is 0 Å². The number of para-hydroxylation sites is 2. The van der Waals surface area contributed by atoms with Crippen molar-refractivity contribution >= 4 is 65.7 Å². The zero-order valence-corrected chi connectivity index (χ0v) is 23.4. The molecule has 1 heterocycles. The highest BCUT2D eigenvalue weighted by molar-refractivity contribution is 6.41. The molecule has 0 amide bonds. The minimum Gasteiger partial charge on any atom is -0.309 e. The predicted molar refractivity (Wildman–Crippen MR) is 180 cm³/mol. The summed E-state index contributed by atoms with van der Waals surface area (Å²) in [5.41, 5.74) is 8.49. The molecule has 0 saturated carbocycles. The summed E-state index contributed by atoms with van der Waals surface area (Å²) in [5.74, 6) is 0. The molecule has 8 aromatic carbocycles. The van der Waals surface area contributed by atoms with Gasteiger partial charge in [-0.2, -0.15) is 0 Å². The van der Waals surface area contributed by atoms with Gasteiger partial charge in [0, 0.05) is 26.9 Å². The van der Waals surface area contributed by atoms with Crippen molar-refractivity contribution in [3.63, 3.8) is 0 Å². The second kappa shape index (κ2) is 8.94. The van der Waals surface area contributed by atoms with Crippen LogP contribution in [0.25, 0.3) is 82.1 Å². The van der Waals surface area contributed by atoms with Crippen LogP contribution in [0.4, 0.5) is 0 Å². The first-order valence-corrected chi connectivity index (χ1v) is 14.7. The highest BCUT2D eigenvalue weighted by atomic mass is 35.5. The van der Waals surface area contributed by atoms with Gasteiger partial charge in [-0.05, 0) is 79.5 Å². The fourth-order valence-corrected chi connectivity index (χ4v) is 7.33. The van der Waals surface area contributed by atoms with Gasteiger partial charge in [-0.15, -0.1) is 0 Å². The molecule has 1 aromatic heterocycles. The maximum Gasteiger partial charge on any atom is 0.0547 e. The SMILES string of the molecule is Clc1cc2ccc(-c3ccccc3)c3ccc4c(-c5cccc6c5c5ccccc5n6-c5ccccc5)ccc1c4c23. The second-order valence-electron chi connectivity index (χ2n) is 11.0. The fourth-order valence-electron chi connectivity index (χ4n) is 7.05. The molecular formula is C40H24ClN. The van der Waals surface area contributed by atoms with Crippen LogP contribution in [0, 0.1) is 0 Å². The Morgan fingerprint density at radius 3 is 1.90 bits per heavy atom. The maximum absolute atomic E-state index is 6.96. The second-order valence-corrected chi connectivity index (χ2v) is 11.4. The van der Waals surface area contributed by atoms with Crippen LogP contribution in [0.1, 0.15) is 0 Å². The molecule has 0 radical (unpaired) electrons. The summed E-state index contributed by atoms with van der Waals surface area (Å²) in [6, 6.07) is 52.4. The van der Waals surface area contributed by atoms with Crippen molar-refractivity contribution in [1.29, 1.82) is 0 Å². The first-order chi connectivity index (χ1) is 20.8. The van der Waals surface area contributed by atoms with Gasteiger partial charge in [-0.25, -0.2) is 0 Å². The van der Waals surface area contributed by atoms with Crippen LogP contribution in [-0.4, -0.2) is 4.57 Å². The van der Waals surface area contributed by atoms with E-state index in [2.05, 4.69) is 150 Å². The summed E-state index contributed by atoms with van der Waals surface area (Å²) in [7, 11) is 0. The van der Waals surface area contributed by atoms with Crippen LogP contribution >= 0.6 is 11.6 Å². The number of fused-ring (bicyclic) bond motifs is 3. The minimum atomic E-state index is 0.790. The van der Waals surface area contributed by atoms with Crippen molar-refractivity contribution < 1.29 is 0 Å². The van der Waals surface area contributed by atoms with Crippen LogP contribution in [-0.2, 0) is 0 Å². The molecule has 0 bridgehead atoms. The summed E-state index contributed by atoms with van der Waals surface area (Å²) in [4.78, 5) is 0. The monoisotopic (exact) mass is 553 g/mol. The highest BCUT2D eigenvalue weighted by Gasteiger charge is 2.20. The van der Waals surface area contributed by atoms with Crippen LogP contribution in [0.15, 0.2) is 146 Å². The van der Waals surface area contributed by atoms with Crippen LogP contribution < -0.4 is 0 Å². The standard InChI is InChI=1S/C40H24ClN/c41-35-24-26-18-19-28(25-10-3-1-4-11-25)31-21-22-32-29(20-23-33(35)40(32)38(26)31)30-15-9-17-37-39(30)34-14-7-8-16-36(34)42(37)27-12-5-2-6-13-27/h1-24H. The molecule has 0 saturated heterocycles. The van der Waals surface area contributed by atoms with Gasteiger partial charge in [0.15, 0.2) is 0 Å². The quantitative estimate of drug-likeness (QED) is 0.192. The van der Waals surface area contributed by atoms with Crippen molar-refractivity contribution in [3.05, 3.63) is 151 Å². The van der Waals surface area contributed by atoms with E-state index in [4.69, 9.17) is 11.6 Å². The topological polar surface area (TPSA) is 4.93 Å². The molecule has 0 aliphatic carbocycles. The van der Waals surface area contributed by atoms with E-state index in [1.807, 2.05) is 0 Å². The molecule has 0 atom stereocenters. The predicted octanol–water partition coefficient (Wildman–Crippen LogP) is 11.7. The lowest BCUT2D eigenvalue weighted by atomic mass is 9.86. The third-order valence-electron chi connectivity index (χ3n) is 8.82. The van der Waals surface area contributed by atoms with E-state index in [0.717, 1.165) is 16.1 Å². The van der Waals surface area contributed by atoms with Crippen molar-refractivity contribution in [2.45, 2.75) is 0 Å². The van der Waals surface area contributed by atoms with E-state index in [0.29, 0.717) is 0 Å². The Morgan fingerprint density at radius 1 is 0.405 bits per heavy atom. The molecule has 1 nitrogen and oxygen atoms in total. The number of halogens is 1. The molecule has 0 spiro atoms. The van der Waals surface area contributed by atoms with Gasteiger partial charge in [-0.3, -0.25) is 0 Å². The number of hydrogen-bond donors (Lipinski definition) is 0. The molecule has 0 N–H and O–H groups in total. The van der Waals surface area contributed by atoms with Gasteiger partial charge in [0.25, 0.3) is 0 Å². The van der Waals surface area contributed by atoms with Gasteiger partial charge in [-0.1, -0.05) is 127 Å². The Morgan fingerprint density at radius 2 is 1.07 bits per heavy atom. The lowest BCUT2D eigenvalue weighted by molar-refractivity contribution is 1.18. The lowest BCUT2D eigenvalue weighted by Gasteiger charge is -2.18. The van der Waals surface area contributed by atoms with E-state index >= 15 is 0 Å². The maximum atomic E-state index is 6.96. The summed E-state index contributed by atoms with van der Waals surface area (Å²) in [6.45, 7) is 0. The normalized spacial score (nSPS) is 11.9. The first-order valence-electron chi connectivity index (χ1n) is 14.3. The molecule has 2 heteroatoms. The van der Waals surface area contributed by atoms with E-state index < -0.39 is 0 Å². The average molecular weight is 554 g/mol. The Bertz CT molecular complexity index is 2450. The minimum absolute atomic E-state index is 0.790. The third kappa shape index (κ3) is 3.26. The Kier molecular flexibility index (Phi) is 5.02. The molecule has 0 unspecified atom stereocenters. The highest BCUT2D eigenvalue weighted by Crippen LogP contribution is 2.46. The van der Waals surface area contributed by atoms with E-state index in [-0.39, 0.29) is 0 Å². The van der Waals surface area contributed by atoms with Crippen molar-refractivity contribution in [3.8, 4) is 27.9 Å². The number of hydrogen-bond acceptors (Lipinski definition) is 0. The van der Waals surface area contributed by atoms with Gasteiger partial charge >= 0.3 is 0 Å². The number of benzene rings is 8. The number of rotatable bonds is 3. The average Bonchev–Trinajstić information content (AvgIpc) is 3.39. The molecule has 42 heavy (non-hydrogen) atoms. The van der Waals surface area contributed by atoms with E-state index in [1.165, 1.54) is 71.0 Å². The zero-order valence-electron chi connectivity index (χ0n) is 22.7. The summed E-state index contributed by atoms with van der Waals surface area (Å²) >= 11 is 6.96. The molecule has 0 fully saturated rings. The van der Waals surface area contributed by atoms with Gasteiger partial charge in [0.1, 0.15) is 0 Å². The van der Waals surface area contributed by atoms with Crippen molar-refractivity contribution in [2.75, 3.05) is 0 Å². The molecule has 9 aromatic rings. The van der Waals surface area contributed by atoms with Crippen LogP contribution in [0.5, 0.6) is 0 Å². The summed E-state index contributed by atoms with van der Waals surface area (Å²) in [6.07, 6.45) is 0. The largest absolute Gasteiger partial charge is 0.309 e. The number of nitrogens with zero attached hydrogens (tertiary/aromatic N) is 1. The smallest absolute Gasteiger partial charge is 0.0547 e. The number of aromatic nitrogens is 1. The third-order valence-corrected chi connectivity index (χ3v) is 9.13. The van der Waals surface area contributed by atoms with Gasteiger partial charge in [0.05, 0.1) is 11.0 Å². The fraction of sp³-hybridized carbons (Fsp3) is 0. The van der Waals surface area contributed by atoms with Crippen LogP contribution in [0.3, 0.4) is 0 Å². The molecule has 9 rings (SSSR count). The molecule has 0 aliphatic heterocycles. The van der Waals surface area contributed by atoms with E-state index in [9.17, 15) is 0 Å². The molecular weight excluding hydrogens is 530 g/mol. The zero-order chi connectivity index (χ0) is 27.8. The molecule has 196 valence electrons. The Labute approximate surface area is 248 Å². The summed E-state index contributed by atoms with van der Waals surface area (Å²) in [5, 5.41) is 10.6. The van der Waals surface area contributed by atoms with Gasteiger partial charge in [0.2, 0.25) is 0 Å². The van der Waals surface area contributed by atoms with Crippen molar-refractivity contribution in [1.82, 2.24) is 4.57 Å². The van der Waals surface area contributed by atoms with Crippen LogP contribution in [0.2, 0.25) is 5.02 Å².